The van der Waals surface area contributed by atoms with Gasteiger partial charge in [0.15, 0.2) is 5.58 Å². The molecule has 6 rings (SSSR count). The number of carbonyl (C=O) groups is 2. The SMILES string of the molecule is Cc1cc(C)cc(C(=O)c2[nH]c(=O)[nH]c(=O)c2C(C)C)c1.Cc1cc(C)cc(C(=O)c2c(C(C)C)c(=O)[nH]c(=O)n2Cc2nc3ccccc3o2)c1. The van der Waals surface area contributed by atoms with Crippen molar-refractivity contribution in [2.24, 2.45) is 0 Å². The van der Waals surface area contributed by atoms with Crippen LogP contribution in [0.1, 0.15) is 111 Å². The summed E-state index contributed by atoms with van der Waals surface area (Å²) in [6.45, 7) is 14.8. The lowest BCUT2D eigenvalue weighted by molar-refractivity contribution is 0.102. The Hall–Kier alpha value is -6.17. The van der Waals surface area contributed by atoms with Crippen LogP contribution >= 0.6 is 0 Å². The van der Waals surface area contributed by atoms with Gasteiger partial charge in [0, 0.05) is 22.3 Å². The molecule has 0 atom stereocenters. The third kappa shape index (κ3) is 7.91. The summed E-state index contributed by atoms with van der Waals surface area (Å²) >= 11 is 0. The fraction of sp³-hybridized carbons (Fsp3) is 0.275. The van der Waals surface area contributed by atoms with E-state index in [1.54, 1.807) is 50.2 Å². The molecule has 6 aromatic rings. The monoisotopic (exact) mass is 703 g/mol. The number of rotatable bonds is 8. The molecule has 0 aliphatic rings. The van der Waals surface area contributed by atoms with Gasteiger partial charge in [0.2, 0.25) is 17.5 Å². The first-order valence-electron chi connectivity index (χ1n) is 16.9. The standard InChI is InChI=1S/C24H23N3O4.C16H18N2O3/c1-13(2)20-21(22(28)16-10-14(3)9-15(4)11-16)27(24(30)26-23(20)29)12-19-25-17-7-5-6-8-18(17)31-19;1-8(2)12-13(17-16(21)18-15(12)20)14(19)11-6-9(3)5-10(4)7-11/h5-11,13H,12H2,1-4H3,(H,26,29,30);5-8H,1-4H3,(H2,17,18,20,21). The van der Waals surface area contributed by atoms with E-state index in [0.29, 0.717) is 27.8 Å². The Balaban J connectivity index is 0.000000217. The summed E-state index contributed by atoms with van der Waals surface area (Å²) in [5.41, 5.74) is 4.18. The number of H-pyrrole nitrogens is 3. The van der Waals surface area contributed by atoms with Gasteiger partial charge in [0.05, 0.1) is 5.69 Å². The van der Waals surface area contributed by atoms with Gasteiger partial charge in [-0.3, -0.25) is 33.7 Å². The highest BCUT2D eigenvalue weighted by Crippen LogP contribution is 2.22. The smallest absolute Gasteiger partial charge is 0.329 e. The fourth-order valence-corrected chi connectivity index (χ4v) is 6.36. The van der Waals surface area contributed by atoms with Gasteiger partial charge in [-0.15, -0.1) is 0 Å². The quantitative estimate of drug-likeness (QED) is 0.168. The van der Waals surface area contributed by atoms with E-state index in [-0.39, 0.29) is 52.8 Å². The highest BCUT2D eigenvalue weighted by molar-refractivity contribution is 6.09. The van der Waals surface area contributed by atoms with E-state index in [9.17, 15) is 28.8 Å². The molecule has 0 spiro atoms. The van der Waals surface area contributed by atoms with Crippen molar-refractivity contribution in [3.63, 3.8) is 0 Å². The molecule has 3 N–H and O–H groups in total. The van der Waals surface area contributed by atoms with Crippen LogP contribution in [0.2, 0.25) is 0 Å². The average Bonchev–Trinajstić information content (AvgIpc) is 3.46. The summed E-state index contributed by atoms with van der Waals surface area (Å²) < 4.78 is 7.01. The molecule has 0 radical (unpaired) electrons. The summed E-state index contributed by atoms with van der Waals surface area (Å²) in [4.78, 5) is 86.6. The van der Waals surface area contributed by atoms with E-state index in [1.807, 2.05) is 65.8 Å². The number of nitrogens with zero attached hydrogens (tertiary/aromatic N) is 2. The molecular formula is C40H41N5O7. The maximum atomic E-state index is 13.6. The van der Waals surface area contributed by atoms with Crippen molar-refractivity contribution in [3.8, 4) is 0 Å². The molecule has 0 aliphatic carbocycles. The van der Waals surface area contributed by atoms with Gasteiger partial charge in [0.1, 0.15) is 17.8 Å². The molecule has 0 aliphatic heterocycles. The minimum Gasteiger partial charge on any atom is -0.439 e. The van der Waals surface area contributed by atoms with Crippen molar-refractivity contribution in [2.45, 2.75) is 73.8 Å². The van der Waals surface area contributed by atoms with Crippen LogP contribution in [0.15, 0.2) is 84.3 Å². The van der Waals surface area contributed by atoms with E-state index in [0.717, 1.165) is 22.3 Å². The summed E-state index contributed by atoms with van der Waals surface area (Å²) in [5.74, 6) is -0.886. The number of aryl methyl sites for hydroxylation is 4. The first-order valence-corrected chi connectivity index (χ1v) is 16.9. The normalized spacial score (nSPS) is 11.2. The van der Waals surface area contributed by atoms with E-state index in [2.05, 4.69) is 19.9 Å². The van der Waals surface area contributed by atoms with Gasteiger partial charge in [-0.1, -0.05) is 74.2 Å². The molecule has 0 saturated carbocycles. The van der Waals surface area contributed by atoms with Crippen molar-refractivity contribution in [2.75, 3.05) is 0 Å². The predicted octanol–water partition coefficient (Wildman–Crippen LogP) is 5.73. The largest absolute Gasteiger partial charge is 0.439 e. The van der Waals surface area contributed by atoms with Crippen molar-refractivity contribution >= 4 is 22.7 Å². The molecule has 0 fully saturated rings. The highest BCUT2D eigenvalue weighted by atomic mass is 16.3. The van der Waals surface area contributed by atoms with Crippen LogP contribution in [0.5, 0.6) is 0 Å². The van der Waals surface area contributed by atoms with Crippen LogP contribution in [0, 0.1) is 27.7 Å². The van der Waals surface area contributed by atoms with Crippen LogP contribution in [0.4, 0.5) is 0 Å². The second kappa shape index (κ2) is 15.0. The Morgan fingerprint density at radius 2 is 1.21 bits per heavy atom. The second-order valence-electron chi connectivity index (χ2n) is 13.6. The maximum Gasteiger partial charge on any atom is 0.329 e. The van der Waals surface area contributed by atoms with E-state index in [1.165, 1.54) is 4.57 Å². The predicted molar refractivity (Wildman–Crippen MR) is 199 cm³/mol. The molecule has 0 unspecified atom stereocenters. The molecule has 3 aromatic heterocycles. The Bertz CT molecular complexity index is 2510. The zero-order chi connectivity index (χ0) is 38.0. The molecule has 268 valence electrons. The Kier molecular flexibility index (Phi) is 10.7. The van der Waals surface area contributed by atoms with Gasteiger partial charge in [-0.05, 0) is 75.9 Å². The van der Waals surface area contributed by atoms with Crippen LogP contribution < -0.4 is 22.5 Å². The third-order valence-electron chi connectivity index (χ3n) is 8.41. The van der Waals surface area contributed by atoms with Crippen molar-refractivity contribution in [3.05, 3.63) is 164 Å². The number of carbonyl (C=O) groups excluding carboxylic acids is 2. The maximum absolute atomic E-state index is 13.6. The molecule has 0 bridgehead atoms. The fourth-order valence-electron chi connectivity index (χ4n) is 6.36. The molecular weight excluding hydrogens is 662 g/mol. The first-order chi connectivity index (χ1) is 24.5. The minimum absolute atomic E-state index is 0.0657. The lowest BCUT2D eigenvalue weighted by Gasteiger charge is -2.17. The molecule has 12 nitrogen and oxygen atoms in total. The van der Waals surface area contributed by atoms with Gasteiger partial charge in [-0.2, -0.15) is 0 Å². The Labute approximate surface area is 298 Å². The zero-order valence-electron chi connectivity index (χ0n) is 30.4. The van der Waals surface area contributed by atoms with E-state index in [4.69, 9.17) is 4.42 Å². The summed E-state index contributed by atoms with van der Waals surface area (Å²) in [5, 5.41) is 0. The number of benzene rings is 3. The van der Waals surface area contributed by atoms with Gasteiger partial charge < -0.3 is 9.40 Å². The molecule has 52 heavy (non-hydrogen) atoms. The number of aromatic amines is 3. The molecule has 3 aromatic carbocycles. The lowest BCUT2D eigenvalue weighted by Crippen LogP contribution is -2.38. The summed E-state index contributed by atoms with van der Waals surface area (Å²) in [6.07, 6.45) is 0. The number of oxazole rings is 1. The summed E-state index contributed by atoms with van der Waals surface area (Å²) in [7, 11) is 0. The van der Waals surface area contributed by atoms with Crippen molar-refractivity contribution in [1.29, 1.82) is 0 Å². The van der Waals surface area contributed by atoms with Gasteiger partial charge in [0.25, 0.3) is 11.1 Å². The number of hydrogen-bond donors (Lipinski definition) is 3. The topological polar surface area (TPSA) is 181 Å². The van der Waals surface area contributed by atoms with E-state index >= 15 is 0 Å². The number of ketones is 2. The molecule has 3 heterocycles. The number of fused-ring (bicyclic) bond motifs is 1. The minimum atomic E-state index is -0.676. The van der Waals surface area contributed by atoms with Crippen LogP contribution in [0.25, 0.3) is 11.1 Å². The lowest BCUT2D eigenvalue weighted by atomic mass is 9.95. The second-order valence-corrected chi connectivity index (χ2v) is 13.6. The van der Waals surface area contributed by atoms with Crippen LogP contribution in [-0.4, -0.2) is 36.1 Å². The summed E-state index contributed by atoms with van der Waals surface area (Å²) in [6, 6.07) is 18.2. The van der Waals surface area contributed by atoms with Crippen molar-refractivity contribution in [1.82, 2.24) is 24.5 Å². The highest BCUT2D eigenvalue weighted by Gasteiger charge is 2.26. The third-order valence-corrected chi connectivity index (χ3v) is 8.41. The van der Waals surface area contributed by atoms with Crippen molar-refractivity contribution < 1.29 is 14.0 Å². The van der Waals surface area contributed by atoms with Gasteiger partial charge >= 0.3 is 11.4 Å². The first kappa shape index (κ1) is 37.1. The molecule has 0 saturated heterocycles. The number of hydrogen-bond acceptors (Lipinski definition) is 8. The Morgan fingerprint density at radius 1 is 0.692 bits per heavy atom. The molecule has 12 heteroatoms. The van der Waals surface area contributed by atoms with Crippen LogP contribution in [0.3, 0.4) is 0 Å². The zero-order valence-corrected chi connectivity index (χ0v) is 30.4. The van der Waals surface area contributed by atoms with E-state index < -0.39 is 22.5 Å². The number of aromatic nitrogens is 5. The Morgan fingerprint density at radius 3 is 1.75 bits per heavy atom. The number of nitrogens with one attached hydrogen (secondary N) is 3. The molecule has 0 amide bonds. The van der Waals surface area contributed by atoms with Gasteiger partial charge in [-0.25, -0.2) is 14.6 Å². The van der Waals surface area contributed by atoms with Crippen LogP contribution in [-0.2, 0) is 6.54 Å². The number of para-hydroxylation sites is 2. The average molecular weight is 704 g/mol.